The van der Waals surface area contributed by atoms with Gasteiger partial charge in [-0.3, -0.25) is 4.72 Å². The minimum Gasteiger partial charge on any atom is -0.403 e. The highest BCUT2D eigenvalue weighted by Crippen LogP contribution is 2.29. The van der Waals surface area contributed by atoms with Crippen molar-refractivity contribution in [2.24, 2.45) is 0 Å². The van der Waals surface area contributed by atoms with Gasteiger partial charge in [0.05, 0.1) is 22.2 Å². The second-order valence-electron chi connectivity index (χ2n) is 5.41. The Balaban J connectivity index is 1.83. The summed E-state index contributed by atoms with van der Waals surface area (Å²) in [6, 6.07) is 16.7. The molecule has 6 nitrogen and oxygen atoms in total. The molecule has 0 amide bonds. The summed E-state index contributed by atoms with van der Waals surface area (Å²) in [7, 11) is -3.73. The van der Waals surface area contributed by atoms with Gasteiger partial charge in [0.1, 0.15) is 4.21 Å². The molecule has 26 heavy (non-hydrogen) atoms. The lowest BCUT2D eigenvalue weighted by Crippen LogP contribution is -2.12. The van der Waals surface area contributed by atoms with E-state index in [0.29, 0.717) is 16.5 Å². The van der Waals surface area contributed by atoms with Crippen LogP contribution in [0.5, 0.6) is 0 Å². The number of nitrogens with zero attached hydrogens (tertiary/aromatic N) is 1. The number of anilines is 1. The van der Waals surface area contributed by atoms with Crippen molar-refractivity contribution >= 4 is 38.0 Å². The summed E-state index contributed by atoms with van der Waals surface area (Å²) in [5.74, 6) is 0.0539. The summed E-state index contributed by atoms with van der Waals surface area (Å²) < 4.78 is 33.1. The standard InChI is InChI=1S/C18H12N2O4S2/c21-18-13-7-2-3-8-14(13)19-17(24-18)12-6-1-4-9-15(12)20-26(22,23)16-10-5-11-25-16/h1-11,20H. The second kappa shape index (κ2) is 6.40. The van der Waals surface area contributed by atoms with Gasteiger partial charge in [0.25, 0.3) is 10.0 Å². The van der Waals surface area contributed by atoms with Gasteiger partial charge in [0, 0.05) is 0 Å². The Morgan fingerprint density at radius 3 is 2.54 bits per heavy atom. The monoisotopic (exact) mass is 384 g/mol. The molecule has 130 valence electrons. The van der Waals surface area contributed by atoms with Crippen molar-refractivity contribution in [3.05, 3.63) is 76.5 Å². The van der Waals surface area contributed by atoms with Gasteiger partial charge in [0.2, 0.25) is 5.89 Å². The maximum absolute atomic E-state index is 12.5. The highest BCUT2D eigenvalue weighted by molar-refractivity contribution is 7.94. The van der Waals surface area contributed by atoms with Crippen molar-refractivity contribution in [1.82, 2.24) is 4.98 Å². The van der Waals surface area contributed by atoms with Crippen molar-refractivity contribution in [2.75, 3.05) is 4.72 Å². The van der Waals surface area contributed by atoms with Crippen LogP contribution < -0.4 is 10.3 Å². The maximum atomic E-state index is 12.5. The van der Waals surface area contributed by atoms with Gasteiger partial charge in [-0.15, -0.1) is 11.3 Å². The number of hydrogen-bond donors (Lipinski definition) is 1. The molecule has 0 aliphatic carbocycles. The molecule has 0 atom stereocenters. The fourth-order valence-corrected chi connectivity index (χ4v) is 4.58. The van der Waals surface area contributed by atoms with E-state index in [9.17, 15) is 13.2 Å². The predicted octanol–water partition coefficient (Wildman–Crippen LogP) is 3.72. The van der Waals surface area contributed by atoms with E-state index in [0.717, 1.165) is 11.3 Å². The van der Waals surface area contributed by atoms with E-state index in [4.69, 9.17) is 4.42 Å². The zero-order chi connectivity index (χ0) is 18.1. The molecule has 1 N–H and O–H groups in total. The Kier molecular flexibility index (Phi) is 4.06. The van der Waals surface area contributed by atoms with Crippen LogP contribution in [0.4, 0.5) is 5.69 Å². The largest absolute Gasteiger partial charge is 0.403 e. The first-order valence-electron chi connectivity index (χ1n) is 7.60. The molecule has 4 aromatic rings. The Labute approximate surface area is 152 Å². The van der Waals surface area contributed by atoms with Gasteiger partial charge < -0.3 is 4.42 Å². The van der Waals surface area contributed by atoms with Crippen LogP contribution in [-0.2, 0) is 10.0 Å². The van der Waals surface area contributed by atoms with Crippen molar-refractivity contribution in [2.45, 2.75) is 4.21 Å². The molecule has 0 radical (unpaired) electrons. The molecule has 0 fully saturated rings. The lowest BCUT2D eigenvalue weighted by atomic mass is 10.1. The van der Waals surface area contributed by atoms with E-state index < -0.39 is 15.6 Å². The van der Waals surface area contributed by atoms with Crippen molar-refractivity contribution < 1.29 is 12.8 Å². The maximum Gasteiger partial charge on any atom is 0.347 e. The first-order chi connectivity index (χ1) is 12.5. The van der Waals surface area contributed by atoms with Gasteiger partial charge in [-0.1, -0.05) is 30.3 Å². The Morgan fingerprint density at radius 1 is 0.962 bits per heavy atom. The van der Waals surface area contributed by atoms with Gasteiger partial charge in [-0.25, -0.2) is 18.2 Å². The third-order valence-electron chi connectivity index (χ3n) is 3.70. The van der Waals surface area contributed by atoms with Crippen molar-refractivity contribution in [3.63, 3.8) is 0 Å². The van der Waals surface area contributed by atoms with Crippen LogP contribution in [0, 0.1) is 0 Å². The van der Waals surface area contributed by atoms with E-state index in [1.54, 1.807) is 60.0 Å². The summed E-state index contributed by atoms with van der Waals surface area (Å²) in [6.07, 6.45) is 0. The molecular formula is C18H12N2O4S2. The number of nitrogens with one attached hydrogen (secondary N) is 1. The van der Waals surface area contributed by atoms with E-state index in [-0.39, 0.29) is 15.8 Å². The number of aromatic nitrogens is 1. The van der Waals surface area contributed by atoms with E-state index >= 15 is 0 Å². The fourth-order valence-electron chi connectivity index (χ4n) is 2.50. The van der Waals surface area contributed by atoms with Crippen molar-refractivity contribution in [1.29, 1.82) is 0 Å². The van der Waals surface area contributed by atoms with Crippen molar-refractivity contribution in [3.8, 4) is 11.5 Å². The van der Waals surface area contributed by atoms with Crippen LogP contribution >= 0.6 is 11.3 Å². The number of hydrogen-bond acceptors (Lipinski definition) is 6. The highest BCUT2D eigenvalue weighted by atomic mass is 32.2. The van der Waals surface area contributed by atoms with Gasteiger partial charge in [-0.2, -0.15) is 0 Å². The molecule has 0 bridgehead atoms. The number of sulfonamides is 1. The molecule has 0 spiro atoms. The predicted molar refractivity (Wildman–Crippen MR) is 101 cm³/mol. The minimum absolute atomic E-state index is 0.0539. The molecule has 0 unspecified atom stereocenters. The first-order valence-corrected chi connectivity index (χ1v) is 9.96. The summed E-state index contributed by atoms with van der Waals surface area (Å²) in [4.78, 5) is 16.6. The number of rotatable bonds is 4. The van der Waals surface area contributed by atoms with Crippen LogP contribution in [0.15, 0.2) is 79.5 Å². The number of fused-ring (bicyclic) bond motifs is 1. The average molecular weight is 384 g/mol. The average Bonchev–Trinajstić information content (AvgIpc) is 3.18. The van der Waals surface area contributed by atoms with Crippen LogP contribution in [0.1, 0.15) is 0 Å². The highest BCUT2D eigenvalue weighted by Gasteiger charge is 2.19. The zero-order valence-corrected chi connectivity index (χ0v) is 14.9. The normalized spacial score (nSPS) is 11.5. The molecule has 0 saturated carbocycles. The number of para-hydroxylation sites is 2. The van der Waals surface area contributed by atoms with Gasteiger partial charge in [-0.05, 0) is 35.7 Å². The number of thiophene rings is 1. The molecule has 4 rings (SSSR count). The molecule has 0 saturated heterocycles. The zero-order valence-electron chi connectivity index (χ0n) is 13.2. The van der Waals surface area contributed by atoms with Crippen LogP contribution in [0.25, 0.3) is 22.4 Å². The third-order valence-corrected chi connectivity index (χ3v) is 6.46. The van der Waals surface area contributed by atoms with Gasteiger partial charge in [0.15, 0.2) is 0 Å². The fraction of sp³-hybridized carbons (Fsp3) is 0. The minimum atomic E-state index is -3.73. The topological polar surface area (TPSA) is 89.3 Å². The molecule has 8 heteroatoms. The lowest BCUT2D eigenvalue weighted by Gasteiger charge is -2.10. The number of benzene rings is 2. The Bertz CT molecular complexity index is 1250. The Hall–Kier alpha value is -2.97. The van der Waals surface area contributed by atoms with E-state index in [2.05, 4.69) is 9.71 Å². The molecule has 2 heterocycles. The summed E-state index contributed by atoms with van der Waals surface area (Å²) in [5.41, 5.74) is 0.624. The summed E-state index contributed by atoms with van der Waals surface area (Å²) in [5, 5.41) is 2.05. The smallest absolute Gasteiger partial charge is 0.347 e. The summed E-state index contributed by atoms with van der Waals surface area (Å²) in [6.45, 7) is 0. The Morgan fingerprint density at radius 2 is 1.73 bits per heavy atom. The van der Waals surface area contributed by atoms with E-state index in [1.165, 1.54) is 6.07 Å². The SMILES string of the molecule is O=c1oc(-c2ccccc2NS(=O)(=O)c2cccs2)nc2ccccc12. The first kappa shape index (κ1) is 16.5. The molecule has 0 aliphatic heterocycles. The second-order valence-corrected chi connectivity index (χ2v) is 8.26. The van der Waals surface area contributed by atoms with Crippen LogP contribution in [0.3, 0.4) is 0 Å². The molecule has 2 aromatic heterocycles. The van der Waals surface area contributed by atoms with Gasteiger partial charge >= 0.3 is 5.63 Å². The molecule has 2 aromatic carbocycles. The van der Waals surface area contributed by atoms with Crippen LogP contribution in [0.2, 0.25) is 0 Å². The third kappa shape index (κ3) is 3.00. The molecule has 0 aliphatic rings. The molecular weight excluding hydrogens is 372 g/mol. The van der Waals surface area contributed by atoms with E-state index in [1.807, 2.05) is 0 Å². The van der Waals surface area contributed by atoms with Crippen LogP contribution in [-0.4, -0.2) is 13.4 Å². The lowest BCUT2D eigenvalue weighted by molar-refractivity contribution is 0.518. The quantitative estimate of drug-likeness (QED) is 0.579. The summed E-state index contributed by atoms with van der Waals surface area (Å²) >= 11 is 1.12.